The number of ether oxygens (including phenoxy) is 1. The Balaban J connectivity index is 1.24. The van der Waals surface area contributed by atoms with Crippen molar-refractivity contribution in [1.29, 1.82) is 5.26 Å². The molecule has 1 aromatic heterocycles. The Morgan fingerprint density at radius 3 is 2.85 bits per heavy atom. The molecule has 3 aliphatic heterocycles. The van der Waals surface area contributed by atoms with E-state index in [1.807, 2.05) is 12.1 Å². The number of Topliss-reactive ketones (excluding diaryl/α,β-unsaturated/α-hetero) is 1. The van der Waals surface area contributed by atoms with Crippen molar-refractivity contribution in [2.75, 3.05) is 31.1 Å². The lowest BCUT2D eigenvalue weighted by molar-refractivity contribution is -0.122. The number of carbonyl (C=O) groups is 1. The zero-order chi connectivity index (χ0) is 31.7. The van der Waals surface area contributed by atoms with E-state index in [-0.39, 0.29) is 24.4 Å². The number of alkyl halides is 1. The van der Waals surface area contributed by atoms with Crippen LogP contribution in [0.5, 0.6) is 5.88 Å². The van der Waals surface area contributed by atoms with Crippen LogP contribution in [0.15, 0.2) is 42.7 Å². The van der Waals surface area contributed by atoms with Crippen molar-refractivity contribution in [2.45, 2.75) is 75.5 Å². The Bertz CT molecular complexity index is 1820. The third kappa shape index (κ3) is 4.65. The fourth-order valence-corrected chi connectivity index (χ4v) is 9.60. The van der Waals surface area contributed by atoms with Gasteiger partial charge in [0.1, 0.15) is 24.4 Å². The fraction of sp³-hybridized carbons (Fsp3) is 0.486. The summed E-state index contributed by atoms with van der Waals surface area (Å²) in [5.41, 5.74) is 5.95. The van der Waals surface area contributed by atoms with E-state index in [1.54, 1.807) is 0 Å². The van der Waals surface area contributed by atoms with Crippen LogP contribution in [0.3, 0.4) is 0 Å². The molecule has 3 saturated heterocycles. The van der Waals surface area contributed by atoms with Gasteiger partial charge in [-0.05, 0) is 86.7 Å². The molecule has 3 aromatic rings. The lowest BCUT2D eigenvalue weighted by atomic mass is 9.81. The lowest BCUT2D eigenvalue weighted by Gasteiger charge is -2.48. The van der Waals surface area contributed by atoms with Crippen LogP contribution in [0.2, 0.25) is 5.02 Å². The summed E-state index contributed by atoms with van der Waals surface area (Å²) < 4.78 is 34.9. The second-order valence-corrected chi connectivity index (χ2v) is 14.4. The number of ketones is 1. The molecule has 1 unspecified atom stereocenters. The third-order valence-electron chi connectivity index (χ3n) is 11.5. The largest absolute Gasteiger partial charge is 0.475 e. The SMILES string of the molecule is C=C(F)C(=O)C1CC[C@@H]2[C@H]1CN2c1c(C#N)c(OC[C@@]23CCCN2C[C@H](F)C3)nc2cc(-c3cccc4c3CCCC4)c(Cl)cc12. The number of hydrogen-bond donors (Lipinski definition) is 0. The van der Waals surface area contributed by atoms with Crippen LogP contribution in [0.1, 0.15) is 61.6 Å². The number of hydrogen-bond acceptors (Lipinski definition) is 6. The van der Waals surface area contributed by atoms with Gasteiger partial charge in [-0.1, -0.05) is 36.4 Å². The standard InChI is InChI=1S/C37H37ClF2N4O2/c1-21(39)35(45)26-10-11-33-30(26)19-44(33)34-28-14-31(38)27(25-9-4-7-22-6-2-3-8-24(22)25)15-32(28)42-36(29(34)17-41)46-20-37-12-5-13-43(37)18-23(40)16-37/h4,7,9,14-15,23,26,30,33H,1-3,5-6,8,10-13,16,18-20H2/t23-,26?,30+,33-,37+/m1/s1. The van der Waals surface area contributed by atoms with Gasteiger partial charge in [0.25, 0.3) is 0 Å². The third-order valence-corrected chi connectivity index (χ3v) is 11.8. The predicted octanol–water partition coefficient (Wildman–Crippen LogP) is 7.53. The van der Waals surface area contributed by atoms with Crippen LogP contribution in [0.25, 0.3) is 22.0 Å². The summed E-state index contributed by atoms with van der Waals surface area (Å²) in [5.74, 6) is -1.59. The first-order valence-corrected chi connectivity index (χ1v) is 17.0. The number of anilines is 1. The number of pyridine rings is 1. The van der Waals surface area contributed by atoms with Crippen LogP contribution in [0, 0.1) is 23.2 Å². The van der Waals surface area contributed by atoms with Gasteiger partial charge in [0.05, 0.1) is 16.7 Å². The molecule has 0 amide bonds. The van der Waals surface area contributed by atoms with Gasteiger partial charge in [-0.3, -0.25) is 9.69 Å². The van der Waals surface area contributed by atoms with Crippen LogP contribution in [0.4, 0.5) is 14.5 Å². The molecule has 0 spiro atoms. The molecule has 46 heavy (non-hydrogen) atoms. The highest BCUT2D eigenvalue weighted by Crippen LogP contribution is 2.51. The molecule has 8 rings (SSSR count). The van der Waals surface area contributed by atoms with E-state index in [2.05, 4.69) is 40.6 Å². The summed E-state index contributed by atoms with van der Waals surface area (Å²) >= 11 is 7.09. The quantitative estimate of drug-likeness (QED) is 0.248. The summed E-state index contributed by atoms with van der Waals surface area (Å²) in [6.07, 6.45) is 7.00. The number of allylic oxidation sites excluding steroid dienone is 1. The smallest absolute Gasteiger partial charge is 0.234 e. The summed E-state index contributed by atoms with van der Waals surface area (Å²) in [7, 11) is 0. The second-order valence-electron chi connectivity index (χ2n) is 14.0. The Morgan fingerprint density at radius 1 is 1.17 bits per heavy atom. The number of rotatable bonds is 7. The van der Waals surface area contributed by atoms with Gasteiger partial charge < -0.3 is 9.64 Å². The lowest BCUT2D eigenvalue weighted by Crippen LogP contribution is -2.56. The molecular weight excluding hydrogens is 606 g/mol. The highest BCUT2D eigenvalue weighted by atomic mass is 35.5. The number of nitriles is 1. The van der Waals surface area contributed by atoms with Gasteiger partial charge in [-0.2, -0.15) is 5.26 Å². The second kappa shape index (κ2) is 11.3. The van der Waals surface area contributed by atoms with Crippen molar-refractivity contribution >= 4 is 34.0 Å². The molecular formula is C37H37ClF2N4O2. The Kier molecular flexibility index (Phi) is 7.34. The van der Waals surface area contributed by atoms with E-state index in [0.29, 0.717) is 54.1 Å². The minimum atomic E-state index is -0.892. The number of benzene rings is 2. The first-order valence-electron chi connectivity index (χ1n) is 16.6. The van der Waals surface area contributed by atoms with Crippen LogP contribution < -0.4 is 9.64 Å². The van der Waals surface area contributed by atoms with Crippen molar-refractivity contribution in [3.05, 3.63) is 64.5 Å². The maximum absolute atomic E-state index is 14.6. The number of carbonyl (C=O) groups excluding carboxylic acids is 1. The number of fused-ring (bicyclic) bond motifs is 4. The van der Waals surface area contributed by atoms with Crippen molar-refractivity contribution in [3.8, 4) is 23.1 Å². The van der Waals surface area contributed by atoms with Gasteiger partial charge in [0.15, 0.2) is 11.6 Å². The minimum absolute atomic E-state index is 0.0179. The minimum Gasteiger partial charge on any atom is -0.475 e. The monoisotopic (exact) mass is 642 g/mol. The Morgan fingerprint density at radius 2 is 2.02 bits per heavy atom. The molecule has 9 heteroatoms. The first kappa shape index (κ1) is 29.8. The molecule has 0 N–H and O–H groups in total. The Hall–Kier alpha value is -3.54. The molecule has 0 bridgehead atoms. The van der Waals surface area contributed by atoms with E-state index < -0.39 is 29.2 Å². The fourth-order valence-electron chi connectivity index (χ4n) is 9.33. The highest BCUT2D eigenvalue weighted by Gasteiger charge is 2.52. The number of aromatic nitrogens is 1. The summed E-state index contributed by atoms with van der Waals surface area (Å²) in [6.45, 7) is 5.27. The predicted molar refractivity (Wildman–Crippen MR) is 175 cm³/mol. The molecule has 6 nitrogen and oxygen atoms in total. The zero-order valence-electron chi connectivity index (χ0n) is 25.8. The van der Waals surface area contributed by atoms with Crippen LogP contribution >= 0.6 is 11.6 Å². The van der Waals surface area contributed by atoms with Crippen LogP contribution in [-0.2, 0) is 17.6 Å². The normalized spacial score (nSPS) is 28.3. The van der Waals surface area contributed by atoms with E-state index in [9.17, 15) is 18.8 Å². The van der Waals surface area contributed by atoms with Crippen molar-refractivity contribution in [2.24, 2.45) is 11.8 Å². The van der Waals surface area contributed by atoms with Gasteiger partial charge in [-0.15, -0.1) is 0 Å². The average Bonchev–Trinajstić information content (AvgIpc) is 3.68. The topological polar surface area (TPSA) is 69.5 Å². The molecule has 5 atom stereocenters. The van der Waals surface area contributed by atoms with Gasteiger partial charge in [-0.25, -0.2) is 13.8 Å². The average molecular weight is 643 g/mol. The molecule has 0 radical (unpaired) electrons. The highest BCUT2D eigenvalue weighted by molar-refractivity contribution is 6.34. The number of aryl methyl sites for hydroxylation is 1. The molecule has 4 fully saturated rings. The van der Waals surface area contributed by atoms with E-state index in [0.717, 1.165) is 55.2 Å². The number of nitrogens with zero attached hydrogens (tertiary/aromatic N) is 4. The Labute approximate surface area is 273 Å². The number of halogens is 3. The summed E-state index contributed by atoms with van der Waals surface area (Å²) in [5, 5.41) is 11.9. The van der Waals surface area contributed by atoms with Crippen molar-refractivity contribution < 1.29 is 18.3 Å². The van der Waals surface area contributed by atoms with Gasteiger partial charge in [0.2, 0.25) is 5.88 Å². The molecule has 238 valence electrons. The molecule has 4 heterocycles. The van der Waals surface area contributed by atoms with Crippen LogP contribution in [-0.4, -0.2) is 59.7 Å². The van der Waals surface area contributed by atoms with E-state index in [4.69, 9.17) is 21.3 Å². The maximum atomic E-state index is 14.6. The van der Waals surface area contributed by atoms with Crippen molar-refractivity contribution in [1.82, 2.24) is 9.88 Å². The van der Waals surface area contributed by atoms with Gasteiger partial charge in [0, 0.05) is 53.4 Å². The molecule has 2 aromatic carbocycles. The van der Waals surface area contributed by atoms with Gasteiger partial charge >= 0.3 is 0 Å². The first-order chi connectivity index (χ1) is 22.3. The maximum Gasteiger partial charge on any atom is 0.234 e. The van der Waals surface area contributed by atoms with E-state index >= 15 is 0 Å². The molecule has 5 aliphatic rings. The summed E-state index contributed by atoms with van der Waals surface area (Å²) in [4.78, 5) is 21.9. The molecule has 1 saturated carbocycles. The summed E-state index contributed by atoms with van der Waals surface area (Å²) in [6, 6.07) is 12.7. The zero-order valence-corrected chi connectivity index (χ0v) is 26.6. The van der Waals surface area contributed by atoms with E-state index in [1.165, 1.54) is 17.5 Å². The molecule has 2 aliphatic carbocycles. The van der Waals surface area contributed by atoms with Crippen molar-refractivity contribution in [3.63, 3.8) is 0 Å².